The monoisotopic (exact) mass is 302 g/mol. The number of nitrogens with zero attached hydrogens (tertiary/aromatic N) is 1. The third-order valence-electron chi connectivity index (χ3n) is 3.13. The van der Waals surface area contributed by atoms with Crippen LogP contribution in [0.1, 0.15) is 13.8 Å². The van der Waals surface area contributed by atoms with E-state index < -0.39 is 0 Å². The van der Waals surface area contributed by atoms with Crippen molar-refractivity contribution in [2.75, 3.05) is 0 Å². The molecule has 0 amide bonds. The predicted molar refractivity (Wildman–Crippen MR) is 84.2 cm³/mol. The molecule has 0 aliphatic carbocycles. The van der Waals surface area contributed by atoms with Gasteiger partial charge in [0.1, 0.15) is 17.1 Å². The maximum Gasteiger partial charge on any atom is 0.182 e. The Morgan fingerprint density at radius 3 is 2.52 bits per heavy atom. The molecule has 21 heavy (non-hydrogen) atoms. The van der Waals surface area contributed by atoms with Crippen molar-refractivity contribution in [2.45, 2.75) is 20.0 Å². The summed E-state index contributed by atoms with van der Waals surface area (Å²) >= 11 is 5.31. The van der Waals surface area contributed by atoms with E-state index in [4.69, 9.17) is 17.0 Å². The number of hydrogen-bond acceptors (Lipinski definition) is 2. The molecule has 1 heterocycles. The lowest BCUT2D eigenvalue weighted by Gasteiger charge is -2.10. The van der Waals surface area contributed by atoms with Gasteiger partial charge in [-0.2, -0.15) is 0 Å². The number of imidazole rings is 1. The van der Waals surface area contributed by atoms with Gasteiger partial charge in [0.05, 0.1) is 11.6 Å². The highest BCUT2D eigenvalue weighted by atomic mass is 32.1. The first-order chi connectivity index (χ1) is 10.1. The molecule has 0 aliphatic rings. The molecular weight excluding hydrogens is 287 g/mol. The van der Waals surface area contributed by atoms with E-state index in [2.05, 4.69) is 4.98 Å². The van der Waals surface area contributed by atoms with Gasteiger partial charge in [-0.25, -0.2) is 4.39 Å². The summed E-state index contributed by atoms with van der Waals surface area (Å²) in [5.74, 6) is 0.489. The van der Waals surface area contributed by atoms with Gasteiger partial charge in [0.25, 0.3) is 0 Å². The topological polar surface area (TPSA) is 29.9 Å². The summed E-state index contributed by atoms with van der Waals surface area (Å²) < 4.78 is 21.7. The Morgan fingerprint density at radius 2 is 1.86 bits per heavy atom. The van der Waals surface area contributed by atoms with Crippen molar-refractivity contribution in [1.82, 2.24) is 9.55 Å². The maximum atomic E-state index is 13.8. The van der Waals surface area contributed by atoms with Crippen LogP contribution in [0, 0.1) is 10.6 Å². The average Bonchev–Trinajstić information content (AvgIpc) is 2.77. The molecule has 3 aromatic rings. The smallest absolute Gasteiger partial charge is 0.182 e. The third kappa shape index (κ3) is 2.56. The molecule has 0 atom stereocenters. The second-order valence-electron chi connectivity index (χ2n) is 5.06. The molecule has 0 aliphatic heterocycles. The van der Waals surface area contributed by atoms with Crippen LogP contribution in [0.5, 0.6) is 5.75 Å². The summed E-state index contributed by atoms with van der Waals surface area (Å²) in [7, 11) is 0. The van der Waals surface area contributed by atoms with E-state index in [9.17, 15) is 4.39 Å². The minimum atomic E-state index is -0.308. The van der Waals surface area contributed by atoms with E-state index in [1.165, 1.54) is 6.07 Å². The van der Waals surface area contributed by atoms with Crippen LogP contribution in [-0.2, 0) is 0 Å². The predicted octanol–water partition coefficient (Wildman–Crippen LogP) is 4.61. The average molecular weight is 302 g/mol. The molecule has 1 N–H and O–H groups in total. The molecule has 108 valence electrons. The van der Waals surface area contributed by atoms with Crippen molar-refractivity contribution in [3.05, 3.63) is 53.1 Å². The largest absolute Gasteiger partial charge is 0.491 e. The normalized spacial score (nSPS) is 11.2. The van der Waals surface area contributed by atoms with Crippen LogP contribution in [0.25, 0.3) is 16.7 Å². The van der Waals surface area contributed by atoms with Gasteiger partial charge in [-0.1, -0.05) is 6.07 Å². The fourth-order valence-corrected chi connectivity index (χ4v) is 2.60. The zero-order chi connectivity index (χ0) is 15.0. The third-order valence-corrected chi connectivity index (χ3v) is 3.42. The first-order valence-electron chi connectivity index (χ1n) is 6.72. The number of aromatic amines is 1. The lowest BCUT2D eigenvalue weighted by molar-refractivity contribution is 0.242. The molecule has 5 heteroatoms. The molecule has 0 spiro atoms. The summed E-state index contributed by atoms with van der Waals surface area (Å²) in [4.78, 5) is 2.91. The molecule has 0 radical (unpaired) electrons. The van der Waals surface area contributed by atoms with Crippen LogP contribution < -0.4 is 4.74 Å². The van der Waals surface area contributed by atoms with E-state index in [-0.39, 0.29) is 11.9 Å². The van der Waals surface area contributed by atoms with Crippen molar-refractivity contribution in [1.29, 1.82) is 0 Å². The number of hydrogen-bond donors (Lipinski definition) is 1. The van der Waals surface area contributed by atoms with E-state index >= 15 is 0 Å². The van der Waals surface area contributed by atoms with Gasteiger partial charge < -0.3 is 9.72 Å². The molecule has 1 aromatic heterocycles. The van der Waals surface area contributed by atoms with Crippen LogP contribution >= 0.6 is 12.2 Å². The Balaban J connectivity index is 2.10. The van der Waals surface area contributed by atoms with Gasteiger partial charge in [-0.05, 0) is 62.5 Å². The maximum absolute atomic E-state index is 13.8. The van der Waals surface area contributed by atoms with Gasteiger partial charge in [-0.15, -0.1) is 0 Å². The number of benzene rings is 2. The fourth-order valence-electron chi connectivity index (χ4n) is 2.30. The van der Waals surface area contributed by atoms with Crippen LogP contribution in [0.4, 0.5) is 4.39 Å². The first kappa shape index (κ1) is 13.8. The zero-order valence-corrected chi connectivity index (χ0v) is 12.6. The van der Waals surface area contributed by atoms with Gasteiger partial charge >= 0.3 is 0 Å². The molecule has 0 saturated heterocycles. The lowest BCUT2D eigenvalue weighted by Crippen LogP contribution is -2.05. The van der Waals surface area contributed by atoms with E-state index in [0.717, 1.165) is 17.0 Å². The second-order valence-corrected chi connectivity index (χ2v) is 5.45. The van der Waals surface area contributed by atoms with Crippen LogP contribution in [0.15, 0.2) is 42.5 Å². The molecule has 0 saturated carbocycles. The summed E-state index contributed by atoms with van der Waals surface area (Å²) in [6.45, 7) is 3.96. The van der Waals surface area contributed by atoms with Crippen molar-refractivity contribution >= 4 is 23.3 Å². The number of aromatic nitrogens is 2. The van der Waals surface area contributed by atoms with Crippen molar-refractivity contribution in [3.8, 4) is 11.4 Å². The van der Waals surface area contributed by atoms with E-state index in [0.29, 0.717) is 10.3 Å². The molecular formula is C16H15FN2OS. The second kappa shape index (κ2) is 5.33. The van der Waals surface area contributed by atoms with Crippen molar-refractivity contribution < 1.29 is 9.13 Å². The zero-order valence-electron chi connectivity index (χ0n) is 11.8. The Labute approximate surface area is 127 Å². The quantitative estimate of drug-likeness (QED) is 0.716. The Hall–Kier alpha value is -2.14. The number of fused-ring (bicyclic) bond motifs is 1. The SMILES string of the molecule is CC(C)Oc1ccc(-n2c(=S)[nH]c3c(F)cccc32)cc1. The number of halogens is 1. The number of ether oxygens (including phenoxy) is 1. The Bertz CT molecular complexity index is 834. The number of nitrogens with one attached hydrogen (secondary N) is 1. The minimum Gasteiger partial charge on any atom is -0.491 e. The molecule has 3 nitrogen and oxygen atoms in total. The van der Waals surface area contributed by atoms with Gasteiger partial charge in [0.15, 0.2) is 4.77 Å². The molecule has 0 bridgehead atoms. The number of para-hydroxylation sites is 1. The van der Waals surface area contributed by atoms with Gasteiger partial charge in [-0.3, -0.25) is 4.57 Å². The summed E-state index contributed by atoms with van der Waals surface area (Å²) in [5, 5.41) is 0. The standard InChI is InChI=1S/C16H15FN2OS/c1-10(2)20-12-8-6-11(7-9-12)19-14-5-3-4-13(17)15(14)18-16(19)21/h3-10H,1-2H3,(H,18,21). The van der Waals surface area contributed by atoms with Crippen molar-refractivity contribution in [2.24, 2.45) is 0 Å². The van der Waals surface area contributed by atoms with Gasteiger partial charge in [0.2, 0.25) is 0 Å². The van der Waals surface area contributed by atoms with Gasteiger partial charge in [0, 0.05) is 5.69 Å². The van der Waals surface area contributed by atoms with E-state index in [1.807, 2.05) is 48.7 Å². The molecule has 2 aromatic carbocycles. The van der Waals surface area contributed by atoms with Crippen LogP contribution in [-0.4, -0.2) is 15.7 Å². The van der Waals surface area contributed by atoms with Crippen LogP contribution in [0.3, 0.4) is 0 Å². The summed E-state index contributed by atoms with van der Waals surface area (Å²) in [6, 6.07) is 12.5. The summed E-state index contributed by atoms with van der Waals surface area (Å²) in [6.07, 6.45) is 0.125. The van der Waals surface area contributed by atoms with Crippen molar-refractivity contribution in [3.63, 3.8) is 0 Å². The highest BCUT2D eigenvalue weighted by Crippen LogP contribution is 2.23. The summed E-state index contributed by atoms with van der Waals surface area (Å²) in [5.41, 5.74) is 2.01. The lowest BCUT2D eigenvalue weighted by atomic mass is 10.2. The van der Waals surface area contributed by atoms with E-state index in [1.54, 1.807) is 6.07 Å². The first-order valence-corrected chi connectivity index (χ1v) is 7.13. The van der Waals surface area contributed by atoms with Crippen LogP contribution in [0.2, 0.25) is 0 Å². The number of H-pyrrole nitrogens is 1. The minimum absolute atomic E-state index is 0.125. The molecule has 0 unspecified atom stereocenters. The Morgan fingerprint density at radius 1 is 1.14 bits per heavy atom. The number of rotatable bonds is 3. The molecule has 0 fully saturated rings. The molecule has 3 rings (SSSR count). The highest BCUT2D eigenvalue weighted by molar-refractivity contribution is 7.71. The fraction of sp³-hybridized carbons (Fsp3) is 0.188. The Kier molecular flexibility index (Phi) is 3.51. The highest BCUT2D eigenvalue weighted by Gasteiger charge is 2.09.